The lowest BCUT2D eigenvalue weighted by Gasteiger charge is -2.34. The van der Waals surface area contributed by atoms with Crippen molar-refractivity contribution < 1.29 is 13.9 Å². The van der Waals surface area contributed by atoms with Gasteiger partial charge in [0.1, 0.15) is 23.2 Å². The third-order valence-corrected chi connectivity index (χ3v) is 5.88. The maximum Gasteiger partial charge on any atom is 0.331 e. The smallest absolute Gasteiger partial charge is 0.331 e. The molecule has 2 aromatic heterocycles. The number of nitrogens with zero attached hydrogens (tertiary/aromatic N) is 4. The molecule has 0 spiro atoms. The van der Waals surface area contributed by atoms with Gasteiger partial charge in [0.05, 0.1) is 13.3 Å². The highest BCUT2D eigenvalue weighted by atomic mass is 16.5. The Morgan fingerprint density at radius 2 is 2.00 bits per heavy atom. The number of hydrogen-bond donors (Lipinski definition) is 0. The van der Waals surface area contributed by atoms with Crippen molar-refractivity contribution >= 4 is 5.91 Å². The number of piperidine rings is 1. The lowest BCUT2D eigenvalue weighted by atomic mass is 10.0. The Morgan fingerprint density at radius 3 is 2.78 bits per heavy atom. The van der Waals surface area contributed by atoms with Crippen LogP contribution >= 0.6 is 0 Å². The first kappa shape index (κ1) is 21.6. The monoisotopic (exact) mass is 438 g/mol. The molecule has 1 atom stereocenters. The summed E-state index contributed by atoms with van der Waals surface area (Å²) in [7, 11) is 4.50. The van der Waals surface area contributed by atoms with Gasteiger partial charge >= 0.3 is 5.69 Å². The van der Waals surface area contributed by atoms with Crippen LogP contribution in [-0.4, -0.2) is 38.6 Å². The number of likely N-dealkylation sites (tertiary alicyclic amines) is 1. The van der Waals surface area contributed by atoms with Crippen molar-refractivity contribution in [1.29, 1.82) is 0 Å². The molecule has 32 heavy (non-hydrogen) atoms. The zero-order valence-electron chi connectivity index (χ0n) is 18.4. The van der Waals surface area contributed by atoms with Gasteiger partial charge in [0.25, 0.3) is 11.5 Å². The number of amides is 1. The van der Waals surface area contributed by atoms with E-state index in [2.05, 4.69) is 4.98 Å². The molecule has 1 saturated heterocycles. The van der Waals surface area contributed by atoms with Crippen LogP contribution < -0.4 is 16.0 Å². The number of benzene rings is 1. The number of hydrogen-bond acceptors (Lipinski definition) is 6. The molecule has 4 rings (SSSR count). The third kappa shape index (κ3) is 4.10. The third-order valence-electron chi connectivity index (χ3n) is 5.88. The van der Waals surface area contributed by atoms with Gasteiger partial charge in [-0.3, -0.25) is 18.7 Å². The van der Waals surface area contributed by atoms with Crippen LogP contribution in [0.15, 0.2) is 50.5 Å². The molecule has 1 fully saturated rings. The predicted octanol–water partition coefficient (Wildman–Crippen LogP) is 2.04. The van der Waals surface area contributed by atoms with Gasteiger partial charge in [-0.05, 0) is 37.0 Å². The summed E-state index contributed by atoms with van der Waals surface area (Å²) in [6.07, 6.45) is 4.69. The van der Waals surface area contributed by atoms with E-state index in [1.165, 1.54) is 24.7 Å². The van der Waals surface area contributed by atoms with Gasteiger partial charge in [0.2, 0.25) is 5.89 Å². The average molecular weight is 438 g/mol. The van der Waals surface area contributed by atoms with Crippen LogP contribution in [0.1, 0.15) is 53.0 Å². The summed E-state index contributed by atoms with van der Waals surface area (Å²) in [6.45, 7) is 0.500. The molecule has 0 aliphatic carbocycles. The van der Waals surface area contributed by atoms with E-state index in [0.717, 1.165) is 28.7 Å². The normalized spacial score (nSPS) is 16.2. The Morgan fingerprint density at radius 1 is 1.19 bits per heavy atom. The van der Waals surface area contributed by atoms with E-state index >= 15 is 0 Å². The van der Waals surface area contributed by atoms with E-state index < -0.39 is 11.2 Å². The van der Waals surface area contributed by atoms with Crippen LogP contribution in [0.5, 0.6) is 5.75 Å². The minimum atomic E-state index is -0.536. The van der Waals surface area contributed by atoms with E-state index in [9.17, 15) is 14.4 Å². The zero-order chi connectivity index (χ0) is 22.8. The fourth-order valence-corrected chi connectivity index (χ4v) is 4.06. The van der Waals surface area contributed by atoms with Crippen LogP contribution in [0.4, 0.5) is 0 Å². The van der Waals surface area contributed by atoms with Crippen molar-refractivity contribution in [3.05, 3.63) is 80.3 Å². The molecular formula is C23H26N4O5. The van der Waals surface area contributed by atoms with Crippen molar-refractivity contribution in [3.63, 3.8) is 0 Å². The minimum Gasteiger partial charge on any atom is -0.497 e. The van der Waals surface area contributed by atoms with Crippen molar-refractivity contribution in [2.24, 2.45) is 14.1 Å². The fraction of sp³-hybridized carbons (Fsp3) is 0.391. The van der Waals surface area contributed by atoms with Crippen LogP contribution in [-0.2, 0) is 20.5 Å². The standard InChI is InChI=1S/C23H26N4O5/c1-25-19(13-20(28)26(2)23(25)30)22(29)27-10-5-4-9-18(27)21-24-14-17(32-21)12-15-7-6-8-16(11-15)31-3/h6-8,11,13-14,18H,4-5,9-10,12H2,1-3H3/t18-/m0/s1. The SMILES string of the molecule is COc1cccc(Cc2cnc([C@@H]3CCCCN3C(=O)c3cc(=O)n(C)c(=O)n3C)o2)c1. The average Bonchev–Trinajstić information content (AvgIpc) is 3.28. The van der Waals surface area contributed by atoms with Gasteiger partial charge < -0.3 is 14.1 Å². The summed E-state index contributed by atoms with van der Waals surface area (Å²) >= 11 is 0. The highest BCUT2D eigenvalue weighted by molar-refractivity contribution is 5.92. The maximum atomic E-state index is 13.3. The molecule has 0 radical (unpaired) electrons. The maximum absolute atomic E-state index is 13.3. The molecule has 1 aliphatic heterocycles. The minimum absolute atomic E-state index is 0.0631. The topological polar surface area (TPSA) is 99.6 Å². The Hall–Kier alpha value is -3.62. The first-order valence-corrected chi connectivity index (χ1v) is 10.5. The number of carbonyl (C=O) groups excluding carboxylic acids is 1. The van der Waals surface area contributed by atoms with Gasteiger partial charge in [-0.25, -0.2) is 9.78 Å². The number of methoxy groups -OCH3 is 1. The lowest BCUT2D eigenvalue weighted by molar-refractivity contribution is 0.0557. The van der Waals surface area contributed by atoms with E-state index in [1.807, 2.05) is 24.3 Å². The number of ether oxygens (including phenoxy) is 1. The van der Waals surface area contributed by atoms with Crippen LogP contribution in [0.3, 0.4) is 0 Å². The predicted molar refractivity (Wildman–Crippen MR) is 117 cm³/mol. The van der Waals surface area contributed by atoms with Crippen molar-refractivity contribution in [2.75, 3.05) is 13.7 Å². The Kier molecular flexibility index (Phi) is 5.98. The number of oxazole rings is 1. The molecule has 1 aromatic carbocycles. The molecule has 9 nitrogen and oxygen atoms in total. The second-order valence-corrected chi connectivity index (χ2v) is 7.97. The van der Waals surface area contributed by atoms with Crippen molar-refractivity contribution in [1.82, 2.24) is 19.0 Å². The molecule has 9 heteroatoms. The summed E-state index contributed by atoms with van der Waals surface area (Å²) in [5.41, 5.74) is 0.0414. The van der Waals surface area contributed by atoms with Crippen molar-refractivity contribution in [3.8, 4) is 5.75 Å². The van der Waals surface area contributed by atoms with Gasteiger partial charge in [-0.1, -0.05) is 12.1 Å². The summed E-state index contributed by atoms with van der Waals surface area (Å²) < 4.78 is 13.5. The van der Waals surface area contributed by atoms with E-state index in [-0.39, 0.29) is 17.6 Å². The molecule has 3 aromatic rings. The van der Waals surface area contributed by atoms with Gasteiger partial charge in [-0.15, -0.1) is 0 Å². The largest absolute Gasteiger partial charge is 0.497 e. The van der Waals surface area contributed by atoms with Crippen LogP contribution in [0.2, 0.25) is 0 Å². The summed E-state index contributed by atoms with van der Waals surface area (Å²) in [5.74, 6) is 1.54. The van der Waals surface area contributed by atoms with Gasteiger partial charge in [0.15, 0.2) is 0 Å². The van der Waals surface area contributed by atoms with Gasteiger partial charge in [0, 0.05) is 33.1 Å². The fourth-order valence-electron chi connectivity index (χ4n) is 4.06. The molecule has 168 valence electrons. The summed E-state index contributed by atoms with van der Waals surface area (Å²) in [5, 5.41) is 0. The molecule has 0 unspecified atom stereocenters. The second kappa shape index (κ2) is 8.86. The highest BCUT2D eigenvalue weighted by Gasteiger charge is 2.33. The van der Waals surface area contributed by atoms with Crippen LogP contribution in [0.25, 0.3) is 0 Å². The van der Waals surface area contributed by atoms with Crippen molar-refractivity contribution in [2.45, 2.75) is 31.7 Å². The molecule has 0 saturated carbocycles. The number of carbonyl (C=O) groups is 1. The Labute approximate surface area is 184 Å². The quantitative estimate of drug-likeness (QED) is 0.604. The molecule has 3 heterocycles. The first-order chi connectivity index (χ1) is 15.4. The Balaban J connectivity index is 1.60. The number of rotatable bonds is 5. The van der Waals surface area contributed by atoms with Gasteiger partial charge in [-0.2, -0.15) is 0 Å². The second-order valence-electron chi connectivity index (χ2n) is 7.97. The Bertz CT molecular complexity index is 1260. The first-order valence-electron chi connectivity index (χ1n) is 10.5. The molecule has 1 aliphatic rings. The highest BCUT2D eigenvalue weighted by Crippen LogP contribution is 2.32. The molecule has 0 bridgehead atoms. The number of aromatic nitrogens is 3. The van der Waals surface area contributed by atoms with E-state index in [1.54, 1.807) is 18.2 Å². The molecule has 1 amide bonds. The molecular weight excluding hydrogens is 412 g/mol. The summed E-state index contributed by atoms with van der Waals surface area (Å²) in [4.78, 5) is 43.8. The van der Waals surface area contributed by atoms with E-state index in [4.69, 9.17) is 9.15 Å². The van der Waals surface area contributed by atoms with E-state index in [0.29, 0.717) is 31.0 Å². The lowest BCUT2D eigenvalue weighted by Crippen LogP contribution is -2.44. The molecule has 0 N–H and O–H groups in total. The van der Waals surface area contributed by atoms with Crippen LogP contribution in [0, 0.1) is 0 Å². The zero-order valence-corrected chi connectivity index (χ0v) is 18.4. The summed E-state index contributed by atoms with van der Waals surface area (Å²) in [6, 6.07) is 8.58.